The molecule has 1 amide bonds. The Labute approximate surface area is 157 Å². The monoisotopic (exact) mass is 383 g/mol. The van der Waals surface area contributed by atoms with Gasteiger partial charge in [-0.1, -0.05) is 18.2 Å². The number of H-pyrrole nitrogens is 1. The van der Waals surface area contributed by atoms with Gasteiger partial charge in [-0.25, -0.2) is 9.18 Å². The van der Waals surface area contributed by atoms with Crippen LogP contribution >= 0.6 is 0 Å². The van der Waals surface area contributed by atoms with Crippen molar-refractivity contribution in [1.29, 1.82) is 0 Å². The highest BCUT2D eigenvalue weighted by molar-refractivity contribution is 6.03. The Morgan fingerprint density at radius 2 is 1.93 bits per heavy atom. The van der Waals surface area contributed by atoms with Crippen molar-refractivity contribution in [2.45, 2.75) is 6.54 Å². The maximum absolute atomic E-state index is 13.7. The van der Waals surface area contributed by atoms with Crippen LogP contribution in [0.1, 0.15) is 15.9 Å². The zero-order valence-corrected chi connectivity index (χ0v) is 14.4. The summed E-state index contributed by atoms with van der Waals surface area (Å²) >= 11 is 0. The number of fused-ring (bicyclic) bond motifs is 1. The molecule has 142 valence electrons. The third-order valence-electron chi connectivity index (χ3n) is 4.21. The van der Waals surface area contributed by atoms with E-state index in [1.54, 1.807) is 24.3 Å². The number of hydrogen-bond donors (Lipinski definition) is 2. The van der Waals surface area contributed by atoms with Crippen LogP contribution in [-0.4, -0.2) is 22.3 Å². The van der Waals surface area contributed by atoms with Crippen LogP contribution in [0.15, 0.2) is 58.3 Å². The molecule has 1 aliphatic rings. The van der Waals surface area contributed by atoms with Crippen LogP contribution in [0.5, 0.6) is 11.5 Å². The summed E-state index contributed by atoms with van der Waals surface area (Å²) < 4.78 is 25.1. The van der Waals surface area contributed by atoms with Gasteiger partial charge in [-0.15, -0.1) is 0 Å². The van der Waals surface area contributed by atoms with Gasteiger partial charge in [0.15, 0.2) is 11.5 Å². The van der Waals surface area contributed by atoms with E-state index in [9.17, 15) is 18.8 Å². The quantitative estimate of drug-likeness (QED) is 0.714. The molecule has 2 heterocycles. The molecule has 28 heavy (non-hydrogen) atoms. The molecule has 0 saturated heterocycles. The van der Waals surface area contributed by atoms with Gasteiger partial charge in [0.25, 0.3) is 11.5 Å². The number of anilines is 1. The van der Waals surface area contributed by atoms with Crippen molar-refractivity contribution in [2.75, 3.05) is 12.1 Å². The average molecular weight is 383 g/mol. The SMILES string of the molecule is O=C(Nc1ccccc1F)c1c[nH]c(=O)n(Cc2ccc3c(c2)OCO3)c1=O. The van der Waals surface area contributed by atoms with E-state index in [1.165, 1.54) is 18.2 Å². The average Bonchev–Trinajstić information content (AvgIpc) is 3.14. The van der Waals surface area contributed by atoms with Crippen LogP contribution in [0, 0.1) is 5.82 Å². The lowest BCUT2D eigenvalue weighted by molar-refractivity contribution is 0.102. The second-order valence-electron chi connectivity index (χ2n) is 6.02. The number of nitrogens with one attached hydrogen (secondary N) is 2. The van der Waals surface area contributed by atoms with Crippen molar-refractivity contribution in [3.8, 4) is 11.5 Å². The molecular weight excluding hydrogens is 369 g/mol. The lowest BCUT2D eigenvalue weighted by Gasteiger charge is -2.09. The molecule has 1 aliphatic heterocycles. The van der Waals surface area contributed by atoms with Crippen molar-refractivity contribution >= 4 is 11.6 Å². The van der Waals surface area contributed by atoms with E-state index >= 15 is 0 Å². The molecule has 1 aromatic heterocycles. The van der Waals surface area contributed by atoms with Gasteiger partial charge in [0.2, 0.25) is 6.79 Å². The first-order valence-corrected chi connectivity index (χ1v) is 8.30. The molecule has 0 aliphatic carbocycles. The van der Waals surface area contributed by atoms with E-state index in [0.717, 1.165) is 10.8 Å². The zero-order chi connectivity index (χ0) is 19.7. The number of carbonyl (C=O) groups excluding carboxylic acids is 1. The molecular formula is C19H14FN3O5. The number of carbonyl (C=O) groups is 1. The zero-order valence-electron chi connectivity index (χ0n) is 14.4. The predicted molar refractivity (Wildman–Crippen MR) is 97.3 cm³/mol. The maximum atomic E-state index is 13.7. The summed E-state index contributed by atoms with van der Waals surface area (Å²) in [6.45, 7) is 0.0244. The molecule has 4 rings (SSSR count). The van der Waals surface area contributed by atoms with Crippen LogP contribution in [0.25, 0.3) is 0 Å². The van der Waals surface area contributed by atoms with Crippen molar-refractivity contribution < 1.29 is 18.7 Å². The first-order valence-electron chi connectivity index (χ1n) is 8.30. The highest BCUT2D eigenvalue weighted by Gasteiger charge is 2.18. The van der Waals surface area contributed by atoms with Gasteiger partial charge in [0.1, 0.15) is 11.4 Å². The highest BCUT2D eigenvalue weighted by Crippen LogP contribution is 2.32. The molecule has 2 aromatic carbocycles. The van der Waals surface area contributed by atoms with E-state index < -0.39 is 23.0 Å². The summed E-state index contributed by atoms with van der Waals surface area (Å²) in [6, 6.07) is 10.6. The van der Waals surface area contributed by atoms with Crippen LogP contribution in [0.3, 0.4) is 0 Å². The molecule has 8 nitrogen and oxygen atoms in total. The number of aromatic amines is 1. The summed E-state index contributed by atoms with van der Waals surface area (Å²) in [7, 11) is 0. The largest absolute Gasteiger partial charge is 0.454 e. The number of benzene rings is 2. The Morgan fingerprint density at radius 1 is 1.14 bits per heavy atom. The Hall–Kier alpha value is -3.88. The summed E-state index contributed by atoms with van der Waals surface area (Å²) in [6.07, 6.45) is 1.01. The summed E-state index contributed by atoms with van der Waals surface area (Å²) in [5.41, 5.74) is -1.24. The van der Waals surface area contributed by atoms with Crippen molar-refractivity contribution in [1.82, 2.24) is 9.55 Å². The summed E-state index contributed by atoms with van der Waals surface area (Å²) in [5.74, 6) is -0.384. The minimum absolute atomic E-state index is 0.0691. The highest BCUT2D eigenvalue weighted by atomic mass is 19.1. The fourth-order valence-corrected chi connectivity index (χ4v) is 2.79. The third-order valence-corrected chi connectivity index (χ3v) is 4.21. The van der Waals surface area contributed by atoms with Gasteiger partial charge in [0.05, 0.1) is 12.2 Å². The first kappa shape index (κ1) is 17.5. The van der Waals surface area contributed by atoms with Gasteiger partial charge in [-0.2, -0.15) is 0 Å². The minimum atomic E-state index is -0.828. The molecule has 0 atom stereocenters. The van der Waals surface area contributed by atoms with E-state index in [2.05, 4.69) is 10.3 Å². The fourth-order valence-electron chi connectivity index (χ4n) is 2.79. The number of ether oxygens (including phenoxy) is 2. The predicted octanol–water partition coefficient (Wildman–Crippen LogP) is 1.70. The Kier molecular flexibility index (Phi) is 4.40. The molecule has 0 saturated carbocycles. The molecule has 0 unspecified atom stereocenters. The Balaban J connectivity index is 1.64. The number of nitrogens with zero attached hydrogens (tertiary/aromatic N) is 1. The number of amides is 1. The lowest BCUT2D eigenvalue weighted by atomic mass is 10.2. The normalized spacial score (nSPS) is 12.0. The van der Waals surface area contributed by atoms with E-state index in [-0.39, 0.29) is 24.6 Å². The Bertz CT molecular complexity index is 1180. The van der Waals surface area contributed by atoms with Crippen molar-refractivity contribution in [3.05, 3.63) is 86.4 Å². The second-order valence-corrected chi connectivity index (χ2v) is 6.02. The van der Waals surface area contributed by atoms with Crippen LogP contribution in [-0.2, 0) is 6.54 Å². The molecule has 2 N–H and O–H groups in total. The van der Waals surface area contributed by atoms with Crippen LogP contribution in [0.4, 0.5) is 10.1 Å². The molecule has 9 heteroatoms. The number of hydrogen-bond acceptors (Lipinski definition) is 5. The number of para-hydroxylation sites is 1. The van der Waals surface area contributed by atoms with E-state index in [0.29, 0.717) is 17.1 Å². The van der Waals surface area contributed by atoms with Gasteiger partial charge in [-0.05, 0) is 29.8 Å². The summed E-state index contributed by atoms with van der Waals surface area (Å²) in [4.78, 5) is 39.6. The van der Waals surface area contributed by atoms with Crippen LogP contribution < -0.4 is 26.0 Å². The second kappa shape index (κ2) is 7.03. The number of rotatable bonds is 4. The van der Waals surface area contributed by atoms with Crippen molar-refractivity contribution in [3.63, 3.8) is 0 Å². The molecule has 0 radical (unpaired) electrons. The fraction of sp³-hybridized carbons (Fsp3) is 0.105. The lowest BCUT2D eigenvalue weighted by Crippen LogP contribution is -2.39. The van der Waals surface area contributed by atoms with E-state index in [1.807, 2.05) is 0 Å². The maximum Gasteiger partial charge on any atom is 0.328 e. The number of aromatic nitrogens is 2. The van der Waals surface area contributed by atoms with Gasteiger partial charge < -0.3 is 19.8 Å². The molecule has 0 fully saturated rings. The third kappa shape index (κ3) is 3.25. The van der Waals surface area contributed by atoms with Crippen LogP contribution in [0.2, 0.25) is 0 Å². The number of halogens is 1. The first-order chi connectivity index (χ1) is 13.5. The van der Waals surface area contributed by atoms with Gasteiger partial charge >= 0.3 is 5.69 Å². The minimum Gasteiger partial charge on any atom is -0.454 e. The molecule has 0 spiro atoms. The van der Waals surface area contributed by atoms with Gasteiger partial charge in [-0.3, -0.25) is 14.2 Å². The van der Waals surface area contributed by atoms with Crippen molar-refractivity contribution in [2.24, 2.45) is 0 Å². The Morgan fingerprint density at radius 3 is 2.75 bits per heavy atom. The smallest absolute Gasteiger partial charge is 0.328 e. The van der Waals surface area contributed by atoms with Gasteiger partial charge in [0, 0.05) is 6.20 Å². The standard InChI is InChI=1S/C19H14FN3O5/c20-13-3-1-2-4-14(13)22-17(24)12-8-21-19(26)23(18(12)25)9-11-5-6-15-16(7-11)28-10-27-15/h1-8H,9-10H2,(H,21,26)(H,22,24). The molecule has 3 aromatic rings. The summed E-state index contributed by atoms with van der Waals surface area (Å²) in [5, 5.41) is 2.33. The van der Waals surface area contributed by atoms with E-state index in [4.69, 9.17) is 9.47 Å². The molecule has 0 bridgehead atoms. The topological polar surface area (TPSA) is 102 Å².